The molecule has 0 saturated heterocycles. The van der Waals surface area contributed by atoms with Gasteiger partial charge in [0.1, 0.15) is 6.61 Å². The minimum atomic E-state index is -0.543. The van der Waals surface area contributed by atoms with Crippen molar-refractivity contribution in [3.8, 4) is 0 Å². The second-order valence-electron chi connectivity index (χ2n) is 16.7. The monoisotopic (exact) mass is 813 g/mol. The fraction of sp³-hybridized carbons (Fsp3) is 0.811. The van der Waals surface area contributed by atoms with Crippen LogP contribution in [0.1, 0.15) is 252 Å². The molecule has 0 aromatic rings. The van der Waals surface area contributed by atoms with Crippen molar-refractivity contribution in [1.29, 1.82) is 0 Å². The van der Waals surface area contributed by atoms with Crippen molar-refractivity contribution in [2.45, 2.75) is 258 Å². The molecule has 338 valence electrons. The first kappa shape index (κ1) is 55.9. The summed E-state index contributed by atoms with van der Waals surface area (Å²) in [5.74, 6) is -0.419. The zero-order valence-corrected chi connectivity index (χ0v) is 38.8. The molecule has 0 aliphatic rings. The van der Waals surface area contributed by atoms with Gasteiger partial charge in [-0.2, -0.15) is 0 Å². The Kier molecular flexibility index (Phi) is 47.4. The van der Waals surface area contributed by atoms with Gasteiger partial charge in [0.05, 0.1) is 6.61 Å². The summed E-state index contributed by atoms with van der Waals surface area (Å²) in [4.78, 5) is 25.3. The van der Waals surface area contributed by atoms with E-state index < -0.39 is 6.10 Å². The molecule has 0 rings (SSSR count). The van der Waals surface area contributed by atoms with Gasteiger partial charge in [0.2, 0.25) is 0 Å². The predicted molar refractivity (Wildman–Crippen MR) is 251 cm³/mol. The van der Waals surface area contributed by atoms with Crippen molar-refractivity contribution < 1.29 is 23.8 Å². The van der Waals surface area contributed by atoms with Gasteiger partial charge in [0, 0.05) is 19.4 Å². The number of hydrogen-bond donors (Lipinski definition) is 0. The zero-order chi connectivity index (χ0) is 42.1. The lowest BCUT2D eigenvalue weighted by Crippen LogP contribution is -2.30. The van der Waals surface area contributed by atoms with E-state index in [0.29, 0.717) is 19.4 Å². The zero-order valence-electron chi connectivity index (χ0n) is 38.8. The second-order valence-corrected chi connectivity index (χ2v) is 16.7. The third-order valence-electron chi connectivity index (χ3n) is 10.8. The molecule has 0 fully saturated rings. The van der Waals surface area contributed by atoms with E-state index >= 15 is 0 Å². The average Bonchev–Trinajstić information content (AvgIpc) is 3.22. The highest BCUT2D eigenvalue weighted by Gasteiger charge is 2.17. The number of esters is 2. The lowest BCUT2D eigenvalue weighted by atomic mass is 10.0. The number of hydrogen-bond acceptors (Lipinski definition) is 5. The molecule has 0 aliphatic heterocycles. The topological polar surface area (TPSA) is 61.8 Å². The van der Waals surface area contributed by atoms with Gasteiger partial charge in [-0.25, -0.2) is 0 Å². The molecular formula is C53H96O5. The molecule has 0 saturated carbocycles. The lowest BCUT2D eigenvalue weighted by molar-refractivity contribution is -0.163. The summed E-state index contributed by atoms with van der Waals surface area (Å²) in [6.07, 6.45) is 59.7. The highest BCUT2D eigenvalue weighted by molar-refractivity contribution is 5.70. The summed E-state index contributed by atoms with van der Waals surface area (Å²) in [6.45, 7) is 7.68. The number of carbonyl (C=O) groups is 2. The average molecular weight is 813 g/mol. The number of carbonyl (C=O) groups excluding carboxylic acids is 2. The summed E-state index contributed by atoms with van der Waals surface area (Å²) < 4.78 is 17.4. The summed E-state index contributed by atoms with van der Waals surface area (Å²) in [5, 5.41) is 0. The van der Waals surface area contributed by atoms with Gasteiger partial charge in [-0.15, -0.1) is 0 Å². The maximum atomic E-state index is 12.7. The van der Waals surface area contributed by atoms with Crippen LogP contribution in [0.4, 0.5) is 0 Å². The minimum Gasteiger partial charge on any atom is -0.462 e. The van der Waals surface area contributed by atoms with E-state index in [9.17, 15) is 9.59 Å². The van der Waals surface area contributed by atoms with Crippen LogP contribution < -0.4 is 0 Å². The number of rotatable bonds is 46. The van der Waals surface area contributed by atoms with Crippen molar-refractivity contribution in [1.82, 2.24) is 0 Å². The van der Waals surface area contributed by atoms with Crippen molar-refractivity contribution in [3.63, 3.8) is 0 Å². The first-order valence-electron chi connectivity index (χ1n) is 25.2. The van der Waals surface area contributed by atoms with Crippen LogP contribution in [0.2, 0.25) is 0 Å². The predicted octanol–water partition coefficient (Wildman–Crippen LogP) is 16.8. The second kappa shape index (κ2) is 49.2. The van der Waals surface area contributed by atoms with Crippen LogP contribution in [-0.2, 0) is 23.8 Å². The number of unbranched alkanes of at least 4 members (excludes halogenated alkanes) is 27. The first-order valence-corrected chi connectivity index (χ1v) is 25.2. The van der Waals surface area contributed by atoms with Crippen LogP contribution in [0.5, 0.6) is 0 Å². The molecule has 0 aromatic heterocycles. The van der Waals surface area contributed by atoms with Crippen LogP contribution in [0.3, 0.4) is 0 Å². The van der Waals surface area contributed by atoms with Crippen molar-refractivity contribution in [2.24, 2.45) is 0 Å². The molecule has 0 spiro atoms. The SMILES string of the molecule is CC/C=C\C/C=C\C/C=C\CCCCCCCC(=O)OC[C@@H](COCCCCCCCCCCCCCCCCCC)OC(=O)CCCCCCC/C=C\CCCC. The van der Waals surface area contributed by atoms with Gasteiger partial charge in [0.25, 0.3) is 0 Å². The Morgan fingerprint density at radius 2 is 0.793 bits per heavy atom. The van der Waals surface area contributed by atoms with Crippen molar-refractivity contribution in [3.05, 3.63) is 48.6 Å². The Bertz CT molecular complexity index is 966. The molecular weight excluding hydrogens is 717 g/mol. The Hall–Kier alpha value is -2.14. The molecule has 1 atom stereocenters. The highest BCUT2D eigenvalue weighted by atomic mass is 16.6. The Balaban J connectivity index is 4.24. The summed E-state index contributed by atoms with van der Waals surface area (Å²) in [5.41, 5.74) is 0. The van der Waals surface area contributed by atoms with E-state index in [-0.39, 0.29) is 25.2 Å². The standard InChI is InChI=1S/C53H96O5/c1-4-7-10-13-16-19-22-24-26-28-30-33-36-39-42-45-48-56-49-51(58-53(55)47-44-41-38-35-31-21-18-15-12-9-6-3)50-57-52(54)46-43-40-37-34-32-29-27-25-23-20-17-14-11-8-5-2/h8,11,15,17-18,20,25,27,51H,4-7,9-10,12-14,16,19,21-24,26,28-50H2,1-3H3/b11-8-,18-15-,20-17-,27-25-/t51-/m1/s1. The smallest absolute Gasteiger partial charge is 0.306 e. The molecule has 5 nitrogen and oxygen atoms in total. The summed E-state index contributed by atoms with van der Waals surface area (Å²) in [7, 11) is 0. The molecule has 0 heterocycles. The molecule has 0 N–H and O–H groups in total. The fourth-order valence-corrected chi connectivity index (χ4v) is 7.09. The molecule has 0 unspecified atom stereocenters. The van der Waals surface area contributed by atoms with E-state index in [4.69, 9.17) is 14.2 Å². The highest BCUT2D eigenvalue weighted by Crippen LogP contribution is 2.15. The van der Waals surface area contributed by atoms with Crippen LogP contribution in [-0.4, -0.2) is 37.9 Å². The van der Waals surface area contributed by atoms with Crippen molar-refractivity contribution >= 4 is 11.9 Å². The third kappa shape index (κ3) is 46.5. The largest absolute Gasteiger partial charge is 0.462 e. The summed E-state index contributed by atoms with van der Waals surface area (Å²) >= 11 is 0. The maximum Gasteiger partial charge on any atom is 0.306 e. The van der Waals surface area contributed by atoms with Crippen LogP contribution in [0.25, 0.3) is 0 Å². The molecule has 0 amide bonds. The third-order valence-corrected chi connectivity index (χ3v) is 10.8. The van der Waals surface area contributed by atoms with E-state index in [0.717, 1.165) is 77.0 Å². The minimum absolute atomic E-state index is 0.0757. The van der Waals surface area contributed by atoms with Crippen LogP contribution in [0.15, 0.2) is 48.6 Å². The summed E-state index contributed by atoms with van der Waals surface area (Å²) in [6, 6.07) is 0. The van der Waals surface area contributed by atoms with E-state index in [2.05, 4.69) is 69.4 Å². The number of allylic oxidation sites excluding steroid dienone is 8. The van der Waals surface area contributed by atoms with Crippen LogP contribution >= 0.6 is 0 Å². The molecule has 0 bridgehead atoms. The Morgan fingerprint density at radius 1 is 0.397 bits per heavy atom. The van der Waals surface area contributed by atoms with E-state index in [1.165, 1.54) is 141 Å². The van der Waals surface area contributed by atoms with Gasteiger partial charge in [-0.3, -0.25) is 9.59 Å². The Labute approximate surface area is 361 Å². The first-order chi connectivity index (χ1) is 28.6. The van der Waals surface area contributed by atoms with Gasteiger partial charge in [-0.1, -0.05) is 217 Å². The van der Waals surface area contributed by atoms with E-state index in [1.807, 2.05) is 0 Å². The quantitative estimate of drug-likeness (QED) is 0.0348. The lowest BCUT2D eigenvalue weighted by Gasteiger charge is -2.18. The van der Waals surface area contributed by atoms with Gasteiger partial charge in [-0.05, 0) is 70.6 Å². The van der Waals surface area contributed by atoms with E-state index in [1.54, 1.807) is 0 Å². The molecule has 5 heteroatoms. The molecule has 0 aromatic carbocycles. The van der Waals surface area contributed by atoms with Gasteiger partial charge >= 0.3 is 11.9 Å². The normalized spacial score (nSPS) is 12.5. The number of ether oxygens (including phenoxy) is 3. The van der Waals surface area contributed by atoms with Gasteiger partial charge < -0.3 is 14.2 Å². The fourth-order valence-electron chi connectivity index (χ4n) is 7.09. The van der Waals surface area contributed by atoms with Crippen LogP contribution in [0, 0.1) is 0 Å². The molecule has 0 aliphatic carbocycles. The maximum absolute atomic E-state index is 12.7. The molecule has 0 radical (unpaired) electrons. The Morgan fingerprint density at radius 3 is 1.31 bits per heavy atom. The van der Waals surface area contributed by atoms with Crippen molar-refractivity contribution in [2.75, 3.05) is 19.8 Å². The molecule has 58 heavy (non-hydrogen) atoms. The van der Waals surface area contributed by atoms with Gasteiger partial charge in [0.15, 0.2) is 6.10 Å².